The van der Waals surface area contributed by atoms with Gasteiger partial charge in [-0.1, -0.05) is 29.3 Å². The summed E-state index contributed by atoms with van der Waals surface area (Å²) >= 11 is 10.6. The molecule has 0 aromatic carbocycles. The van der Waals surface area contributed by atoms with E-state index in [1.807, 2.05) is 0 Å². The van der Waals surface area contributed by atoms with Crippen molar-refractivity contribution < 1.29 is 9.59 Å². The highest BCUT2D eigenvalue weighted by molar-refractivity contribution is 6.53. The second kappa shape index (κ2) is 7.09. The number of nitrogens with one attached hydrogen (secondary N) is 2. The Morgan fingerprint density at radius 1 is 1.24 bits per heavy atom. The zero-order valence-corrected chi connectivity index (χ0v) is 10.3. The van der Waals surface area contributed by atoms with Crippen molar-refractivity contribution in [2.45, 2.75) is 4.84 Å². The summed E-state index contributed by atoms with van der Waals surface area (Å²) < 4.78 is 0. The van der Waals surface area contributed by atoms with Crippen molar-refractivity contribution in [2.24, 2.45) is 0 Å². The van der Waals surface area contributed by atoms with Crippen LogP contribution < -0.4 is 10.6 Å². The molecule has 2 N–H and O–H groups in total. The smallest absolute Gasteiger partial charge is 0.269 e. The summed E-state index contributed by atoms with van der Waals surface area (Å²) in [7, 11) is 0. The molecule has 0 atom stereocenters. The van der Waals surface area contributed by atoms with E-state index in [2.05, 4.69) is 15.6 Å². The summed E-state index contributed by atoms with van der Waals surface area (Å²) in [5, 5.41) is 5.04. The number of aromatic nitrogens is 1. The summed E-state index contributed by atoms with van der Waals surface area (Å²) in [6.45, 7) is 0.537. The molecule has 0 radical (unpaired) electrons. The molecule has 0 fully saturated rings. The molecule has 1 rings (SSSR count). The third kappa shape index (κ3) is 5.01. The topological polar surface area (TPSA) is 71.1 Å². The average molecular weight is 276 g/mol. The van der Waals surface area contributed by atoms with Gasteiger partial charge in [0.1, 0.15) is 5.69 Å². The van der Waals surface area contributed by atoms with Gasteiger partial charge in [0.15, 0.2) is 4.84 Å². The highest BCUT2D eigenvalue weighted by Gasteiger charge is 2.10. The first kappa shape index (κ1) is 13.7. The van der Waals surface area contributed by atoms with Crippen LogP contribution in [-0.4, -0.2) is 34.7 Å². The zero-order valence-electron chi connectivity index (χ0n) is 8.82. The lowest BCUT2D eigenvalue weighted by atomic mass is 10.3. The summed E-state index contributed by atoms with van der Waals surface area (Å²) in [6, 6.07) is 5.04. The van der Waals surface area contributed by atoms with E-state index in [-0.39, 0.29) is 19.0 Å². The predicted octanol–water partition coefficient (Wildman–Crippen LogP) is 0.731. The number of halogens is 2. The molecule has 0 bridgehead atoms. The highest BCUT2D eigenvalue weighted by atomic mass is 35.5. The van der Waals surface area contributed by atoms with Gasteiger partial charge < -0.3 is 10.6 Å². The molecule has 17 heavy (non-hydrogen) atoms. The van der Waals surface area contributed by atoms with Crippen LogP contribution in [0.2, 0.25) is 0 Å². The maximum absolute atomic E-state index is 11.5. The molecular weight excluding hydrogens is 265 g/mol. The molecule has 1 aromatic heterocycles. The van der Waals surface area contributed by atoms with Crippen molar-refractivity contribution >= 4 is 35.0 Å². The SMILES string of the molecule is O=C(NCCNC(=O)C(Cl)Cl)c1ccccn1. The summed E-state index contributed by atoms with van der Waals surface area (Å²) in [5.41, 5.74) is 0.325. The molecule has 7 heteroatoms. The van der Waals surface area contributed by atoms with Crippen molar-refractivity contribution in [3.05, 3.63) is 30.1 Å². The minimum atomic E-state index is -1.10. The quantitative estimate of drug-likeness (QED) is 0.615. The fourth-order valence-corrected chi connectivity index (χ4v) is 1.18. The van der Waals surface area contributed by atoms with Gasteiger partial charge in [0.25, 0.3) is 11.8 Å². The van der Waals surface area contributed by atoms with Gasteiger partial charge in [-0.2, -0.15) is 0 Å². The van der Waals surface area contributed by atoms with Crippen LogP contribution in [0.25, 0.3) is 0 Å². The Balaban J connectivity index is 2.24. The molecule has 2 amide bonds. The van der Waals surface area contributed by atoms with Crippen LogP contribution >= 0.6 is 23.2 Å². The first-order valence-electron chi connectivity index (χ1n) is 4.86. The lowest BCUT2D eigenvalue weighted by Crippen LogP contribution is -2.36. The molecule has 0 spiro atoms. The van der Waals surface area contributed by atoms with E-state index in [1.165, 1.54) is 6.20 Å². The van der Waals surface area contributed by atoms with Crippen molar-refractivity contribution in [1.29, 1.82) is 0 Å². The van der Waals surface area contributed by atoms with Gasteiger partial charge in [-0.25, -0.2) is 0 Å². The molecule has 92 valence electrons. The fraction of sp³-hybridized carbons (Fsp3) is 0.300. The number of amides is 2. The lowest BCUT2D eigenvalue weighted by Gasteiger charge is -2.06. The van der Waals surface area contributed by atoms with Gasteiger partial charge in [0, 0.05) is 19.3 Å². The van der Waals surface area contributed by atoms with Gasteiger partial charge in [-0.3, -0.25) is 14.6 Å². The second-order valence-corrected chi connectivity index (χ2v) is 4.16. The first-order valence-corrected chi connectivity index (χ1v) is 5.73. The van der Waals surface area contributed by atoms with Gasteiger partial charge >= 0.3 is 0 Å². The van der Waals surface area contributed by atoms with Crippen LogP contribution in [0.3, 0.4) is 0 Å². The molecular formula is C10H11Cl2N3O2. The zero-order chi connectivity index (χ0) is 12.7. The van der Waals surface area contributed by atoms with Crippen LogP contribution in [0.5, 0.6) is 0 Å². The largest absolute Gasteiger partial charge is 0.352 e. The van der Waals surface area contributed by atoms with Gasteiger partial charge in [0.05, 0.1) is 0 Å². The highest BCUT2D eigenvalue weighted by Crippen LogP contribution is 1.99. The van der Waals surface area contributed by atoms with E-state index < -0.39 is 10.7 Å². The first-order chi connectivity index (χ1) is 8.11. The molecule has 0 aliphatic heterocycles. The number of pyridine rings is 1. The Labute approximate surface area is 109 Å². The van der Waals surface area contributed by atoms with E-state index in [0.717, 1.165) is 0 Å². The molecule has 0 aliphatic carbocycles. The maximum Gasteiger partial charge on any atom is 0.269 e. The predicted molar refractivity (Wildman–Crippen MR) is 65.1 cm³/mol. The van der Waals surface area contributed by atoms with Crippen molar-refractivity contribution in [1.82, 2.24) is 15.6 Å². The molecule has 1 heterocycles. The van der Waals surface area contributed by atoms with Crippen LogP contribution in [0.15, 0.2) is 24.4 Å². The van der Waals surface area contributed by atoms with E-state index in [4.69, 9.17) is 23.2 Å². The Morgan fingerprint density at radius 2 is 1.94 bits per heavy atom. The Hall–Kier alpha value is -1.33. The molecule has 0 saturated heterocycles. The number of hydrogen-bond donors (Lipinski definition) is 2. The number of hydrogen-bond acceptors (Lipinski definition) is 3. The Morgan fingerprint density at radius 3 is 2.53 bits per heavy atom. The molecule has 5 nitrogen and oxygen atoms in total. The number of carbonyl (C=O) groups is 2. The average Bonchev–Trinajstić information content (AvgIpc) is 2.35. The van der Waals surface area contributed by atoms with Crippen molar-refractivity contribution in [2.75, 3.05) is 13.1 Å². The number of rotatable bonds is 5. The third-order valence-electron chi connectivity index (χ3n) is 1.81. The summed E-state index contributed by atoms with van der Waals surface area (Å²) in [6.07, 6.45) is 1.53. The Kier molecular flexibility index (Phi) is 5.72. The van der Waals surface area contributed by atoms with Crippen LogP contribution in [-0.2, 0) is 4.79 Å². The Bertz CT molecular complexity index is 384. The third-order valence-corrected chi connectivity index (χ3v) is 2.20. The van der Waals surface area contributed by atoms with Crippen LogP contribution in [0.4, 0.5) is 0 Å². The van der Waals surface area contributed by atoms with Crippen molar-refractivity contribution in [3.8, 4) is 0 Å². The monoisotopic (exact) mass is 275 g/mol. The lowest BCUT2D eigenvalue weighted by molar-refractivity contribution is -0.119. The van der Waals surface area contributed by atoms with Gasteiger partial charge in [-0.05, 0) is 12.1 Å². The van der Waals surface area contributed by atoms with E-state index in [0.29, 0.717) is 5.69 Å². The number of nitrogens with zero attached hydrogens (tertiary/aromatic N) is 1. The van der Waals surface area contributed by atoms with Crippen LogP contribution in [0, 0.1) is 0 Å². The molecule has 1 aromatic rings. The summed E-state index contributed by atoms with van der Waals surface area (Å²) in [4.78, 5) is 25.2. The van der Waals surface area contributed by atoms with E-state index in [1.54, 1.807) is 18.2 Å². The minimum Gasteiger partial charge on any atom is -0.352 e. The van der Waals surface area contributed by atoms with Crippen molar-refractivity contribution in [3.63, 3.8) is 0 Å². The molecule has 0 unspecified atom stereocenters. The molecule has 0 aliphatic rings. The number of carbonyl (C=O) groups excluding carboxylic acids is 2. The van der Waals surface area contributed by atoms with Crippen LogP contribution in [0.1, 0.15) is 10.5 Å². The normalized spacial score (nSPS) is 10.1. The van der Waals surface area contributed by atoms with E-state index >= 15 is 0 Å². The summed E-state index contributed by atoms with van der Waals surface area (Å²) in [5.74, 6) is -0.784. The molecule has 0 saturated carbocycles. The fourth-order valence-electron chi connectivity index (χ4n) is 1.03. The number of alkyl halides is 2. The standard InChI is InChI=1S/C10H11Cl2N3O2/c11-8(12)10(17)15-6-5-14-9(16)7-3-1-2-4-13-7/h1-4,8H,5-6H2,(H,14,16)(H,15,17). The second-order valence-electron chi connectivity index (χ2n) is 3.06. The van der Waals surface area contributed by atoms with Gasteiger partial charge in [0.2, 0.25) is 0 Å². The van der Waals surface area contributed by atoms with E-state index in [9.17, 15) is 9.59 Å². The maximum atomic E-state index is 11.5. The minimum absolute atomic E-state index is 0.257. The van der Waals surface area contributed by atoms with Gasteiger partial charge in [-0.15, -0.1) is 0 Å².